The number of hydrogen-bond acceptors (Lipinski definition) is 4. The highest BCUT2D eigenvalue weighted by Crippen LogP contribution is 2.33. The summed E-state index contributed by atoms with van der Waals surface area (Å²) in [6.07, 6.45) is 0. The Morgan fingerprint density at radius 1 is 1.08 bits per heavy atom. The molecule has 2 aromatic carbocycles. The van der Waals surface area contributed by atoms with Crippen molar-refractivity contribution in [2.24, 2.45) is 5.73 Å². The van der Waals surface area contributed by atoms with Gasteiger partial charge >= 0.3 is 0 Å². The highest BCUT2D eigenvalue weighted by atomic mass is 35.5. The second kappa shape index (κ2) is 8.92. The van der Waals surface area contributed by atoms with Crippen molar-refractivity contribution in [3.8, 4) is 11.5 Å². The van der Waals surface area contributed by atoms with E-state index in [1.807, 2.05) is 12.1 Å². The van der Waals surface area contributed by atoms with Gasteiger partial charge in [-0.3, -0.25) is 4.79 Å². The zero-order valence-corrected chi connectivity index (χ0v) is 15.8. The van der Waals surface area contributed by atoms with Crippen molar-refractivity contribution in [3.05, 3.63) is 59.2 Å². The highest BCUT2D eigenvalue weighted by Gasteiger charge is 2.20. The van der Waals surface area contributed by atoms with Crippen LogP contribution in [0.5, 0.6) is 11.5 Å². The van der Waals surface area contributed by atoms with Crippen LogP contribution in [0.15, 0.2) is 42.5 Å². The molecular formula is C20H25ClN2O3. The smallest absolute Gasteiger partial charge is 0.255 e. The van der Waals surface area contributed by atoms with Gasteiger partial charge in [-0.15, -0.1) is 12.4 Å². The van der Waals surface area contributed by atoms with Gasteiger partial charge in [-0.1, -0.05) is 44.2 Å². The molecule has 0 radical (unpaired) electrons. The number of nitrogens with two attached hydrogens (primary N) is 1. The number of rotatable bonds is 5. The third-order valence-electron chi connectivity index (χ3n) is 4.32. The topological polar surface area (TPSA) is 73.6 Å². The molecule has 1 unspecified atom stereocenters. The van der Waals surface area contributed by atoms with Gasteiger partial charge in [0.2, 0.25) is 0 Å². The first-order valence-electron chi connectivity index (χ1n) is 8.58. The van der Waals surface area contributed by atoms with E-state index in [4.69, 9.17) is 15.2 Å². The van der Waals surface area contributed by atoms with Crippen molar-refractivity contribution >= 4 is 18.3 Å². The maximum absolute atomic E-state index is 12.5. The number of benzene rings is 2. The molecule has 3 rings (SSSR count). The van der Waals surface area contributed by atoms with Crippen LogP contribution in [-0.2, 0) is 0 Å². The van der Waals surface area contributed by atoms with Crippen LogP contribution in [0.4, 0.5) is 0 Å². The lowest BCUT2D eigenvalue weighted by Crippen LogP contribution is -2.32. The Morgan fingerprint density at radius 2 is 1.73 bits per heavy atom. The number of carbonyl (C=O) groups is 1. The summed E-state index contributed by atoms with van der Waals surface area (Å²) in [7, 11) is 0. The third kappa shape index (κ3) is 4.48. The van der Waals surface area contributed by atoms with Crippen LogP contribution in [0.2, 0.25) is 0 Å². The molecule has 2 aromatic rings. The first-order chi connectivity index (χ1) is 12.1. The molecule has 1 atom stereocenters. The van der Waals surface area contributed by atoms with E-state index < -0.39 is 0 Å². The highest BCUT2D eigenvalue weighted by molar-refractivity contribution is 5.97. The number of halogens is 1. The second-order valence-electron chi connectivity index (χ2n) is 6.47. The van der Waals surface area contributed by atoms with E-state index >= 15 is 0 Å². The number of para-hydroxylation sites is 1. The van der Waals surface area contributed by atoms with E-state index in [0.29, 0.717) is 42.7 Å². The predicted octanol–water partition coefficient (Wildman–Crippen LogP) is 3.43. The fourth-order valence-corrected chi connectivity index (χ4v) is 2.80. The fourth-order valence-electron chi connectivity index (χ4n) is 2.80. The average Bonchev–Trinajstić information content (AvgIpc) is 2.65. The minimum Gasteiger partial charge on any atom is -0.486 e. The molecule has 1 heterocycles. The van der Waals surface area contributed by atoms with Crippen LogP contribution in [0, 0.1) is 0 Å². The lowest BCUT2D eigenvalue weighted by atomic mass is 9.99. The molecular weight excluding hydrogens is 352 g/mol. The van der Waals surface area contributed by atoms with Crippen molar-refractivity contribution in [3.63, 3.8) is 0 Å². The van der Waals surface area contributed by atoms with Gasteiger partial charge in [-0.25, -0.2) is 0 Å². The number of nitrogens with one attached hydrogen (secondary N) is 1. The Labute approximate surface area is 160 Å². The quantitative estimate of drug-likeness (QED) is 0.838. The number of carbonyl (C=O) groups excluding carboxylic acids is 1. The van der Waals surface area contributed by atoms with Gasteiger partial charge in [-0.2, -0.15) is 0 Å². The van der Waals surface area contributed by atoms with Gasteiger partial charge in [0.25, 0.3) is 5.91 Å². The zero-order valence-electron chi connectivity index (χ0n) is 15.0. The number of fused-ring (bicyclic) bond motifs is 1. The van der Waals surface area contributed by atoms with Gasteiger partial charge < -0.3 is 20.5 Å². The Morgan fingerprint density at radius 3 is 2.42 bits per heavy atom. The van der Waals surface area contributed by atoms with Crippen LogP contribution < -0.4 is 20.5 Å². The van der Waals surface area contributed by atoms with Crippen molar-refractivity contribution < 1.29 is 14.3 Å². The number of hydrogen-bond donors (Lipinski definition) is 2. The summed E-state index contributed by atoms with van der Waals surface area (Å²) in [5.41, 5.74) is 8.96. The number of ether oxygens (including phenoxy) is 2. The average molecular weight is 377 g/mol. The van der Waals surface area contributed by atoms with Crippen LogP contribution in [0.25, 0.3) is 0 Å². The van der Waals surface area contributed by atoms with Crippen LogP contribution in [0.1, 0.15) is 47.3 Å². The van der Waals surface area contributed by atoms with Gasteiger partial charge in [0.15, 0.2) is 11.5 Å². The minimum atomic E-state index is -0.262. The molecule has 140 valence electrons. The van der Waals surface area contributed by atoms with Gasteiger partial charge in [-0.05, 0) is 29.2 Å². The van der Waals surface area contributed by atoms with E-state index in [1.165, 1.54) is 5.56 Å². The van der Waals surface area contributed by atoms with Crippen LogP contribution in [0.3, 0.4) is 0 Å². The Hall–Kier alpha value is -2.24. The Bertz CT molecular complexity index is 747. The molecule has 0 saturated carbocycles. The zero-order chi connectivity index (χ0) is 17.8. The van der Waals surface area contributed by atoms with Gasteiger partial charge in [0.05, 0.1) is 5.56 Å². The van der Waals surface area contributed by atoms with E-state index in [-0.39, 0.29) is 24.4 Å². The van der Waals surface area contributed by atoms with Gasteiger partial charge in [0, 0.05) is 12.6 Å². The molecule has 0 saturated heterocycles. The molecule has 0 aliphatic carbocycles. The molecule has 5 nitrogen and oxygen atoms in total. The van der Waals surface area contributed by atoms with Crippen molar-refractivity contribution in [1.82, 2.24) is 5.32 Å². The van der Waals surface area contributed by atoms with E-state index in [9.17, 15) is 4.79 Å². The van der Waals surface area contributed by atoms with Crippen LogP contribution in [-0.4, -0.2) is 25.7 Å². The van der Waals surface area contributed by atoms with E-state index in [2.05, 4.69) is 31.3 Å². The van der Waals surface area contributed by atoms with Crippen molar-refractivity contribution in [2.75, 3.05) is 19.8 Å². The summed E-state index contributed by atoms with van der Waals surface area (Å²) in [6, 6.07) is 13.3. The molecule has 0 spiro atoms. The maximum atomic E-state index is 12.5. The van der Waals surface area contributed by atoms with Gasteiger partial charge in [0.1, 0.15) is 13.2 Å². The first kappa shape index (κ1) is 20.1. The molecule has 0 fully saturated rings. The van der Waals surface area contributed by atoms with Crippen LogP contribution >= 0.6 is 12.4 Å². The SMILES string of the molecule is CC(C)c1ccc(C(N)CNC(=O)c2cccc3c2OCCO3)cc1.Cl. The Kier molecular flexibility index (Phi) is 6.89. The summed E-state index contributed by atoms with van der Waals surface area (Å²) in [5, 5.41) is 2.89. The molecule has 1 aliphatic rings. The summed E-state index contributed by atoms with van der Waals surface area (Å²) < 4.78 is 11.1. The van der Waals surface area contributed by atoms with E-state index in [1.54, 1.807) is 18.2 Å². The standard InChI is InChI=1S/C20H24N2O3.ClH/c1-13(2)14-6-8-15(9-7-14)17(21)12-22-20(23)16-4-3-5-18-19(16)25-11-10-24-18;/h3-9,13,17H,10-12,21H2,1-2H3,(H,22,23);1H. The second-order valence-corrected chi connectivity index (χ2v) is 6.47. The minimum absolute atomic E-state index is 0. The van der Waals surface area contributed by atoms with Crippen molar-refractivity contribution in [1.29, 1.82) is 0 Å². The summed E-state index contributed by atoms with van der Waals surface area (Å²) in [6.45, 7) is 5.60. The molecule has 26 heavy (non-hydrogen) atoms. The fraction of sp³-hybridized carbons (Fsp3) is 0.350. The molecule has 1 aliphatic heterocycles. The monoisotopic (exact) mass is 376 g/mol. The molecule has 3 N–H and O–H groups in total. The lowest BCUT2D eigenvalue weighted by Gasteiger charge is -2.21. The maximum Gasteiger partial charge on any atom is 0.255 e. The molecule has 0 aromatic heterocycles. The largest absolute Gasteiger partial charge is 0.486 e. The normalized spacial score (nSPS) is 13.7. The summed E-state index contributed by atoms with van der Waals surface area (Å²) in [5.74, 6) is 1.38. The Balaban J connectivity index is 0.00000243. The number of amides is 1. The first-order valence-corrected chi connectivity index (χ1v) is 8.58. The predicted molar refractivity (Wildman–Crippen MR) is 104 cm³/mol. The van der Waals surface area contributed by atoms with Crippen molar-refractivity contribution in [2.45, 2.75) is 25.8 Å². The lowest BCUT2D eigenvalue weighted by molar-refractivity contribution is 0.0940. The molecule has 1 amide bonds. The summed E-state index contributed by atoms with van der Waals surface area (Å²) in [4.78, 5) is 12.5. The van der Waals surface area contributed by atoms with E-state index in [0.717, 1.165) is 5.56 Å². The molecule has 0 bridgehead atoms. The summed E-state index contributed by atoms with van der Waals surface area (Å²) >= 11 is 0. The third-order valence-corrected chi connectivity index (χ3v) is 4.32. The molecule has 6 heteroatoms.